The van der Waals surface area contributed by atoms with E-state index in [2.05, 4.69) is 39.8 Å². The molecule has 8 heteroatoms. The van der Waals surface area contributed by atoms with Gasteiger partial charge < -0.3 is 20.9 Å². The molecule has 2 saturated heterocycles. The Bertz CT molecular complexity index is 1080. The lowest BCUT2D eigenvalue weighted by Crippen LogP contribution is -2.52. The summed E-state index contributed by atoms with van der Waals surface area (Å²) in [6.07, 6.45) is 2.67. The van der Waals surface area contributed by atoms with Crippen LogP contribution in [-0.4, -0.2) is 47.8 Å². The molecule has 1 atom stereocenters. The van der Waals surface area contributed by atoms with Gasteiger partial charge in [-0.05, 0) is 60.7 Å². The minimum atomic E-state index is -0.597. The van der Waals surface area contributed by atoms with E-state index in [0.717, 1.165) is 42.7 Å². The number of nitrogens with two attached hydrogens (primary N) is 1. The van der Waals surface area contributed by atoms with Gasteiger partial charge in [-0.3, -0.25) is 19.7 Å². The van der Waals surface area contributed by atoms with Crippen molar-refractivity contribution in [3.05, 3.63) is 59.2 Å². The third-order valence-corrected chi connectivity index (χ3v) is 6.93. The van der Waals surface area contributed by atoms with Gasteiger partial charge in [-0.2, -0.15) is 0 Å². The van der Waals surface area contributed by atoms with Crippen LogP contribution in [0, 0.1) is 0 Å². The van der Waals surface area contributed by atoms with E-state index < -0.39 is 6.04 Å². The molecule has 0 aliphatic carbocycles. The molecule has 5 rings (SSSR count). The number of hydrogen-bond donors (Lipinski definition) is 3. The van der Waals surface area contributed by atoms with Crippen molar-refractivity contribution in [1.29, 1.82) is 0 Å². The summed E-state index contributed by atoms with van der Waals surface area (Å²) in [6, 6.07) is 13.8. The molecule has 1 unspecified atom stereocenters. The average molecular weight is 448 g/mol. The molecule has 3 heterocycles. The number of imide groups is 1. The van der Waals surface area contributed by atoms with Gasteiger partial charge in [-0.15, -0.1) is 0 Å². The highest BCUT2D eigenvalue weighted by molar-refractivity contribution is 6.05. The summed E-state index contributed by atoms with van der Waals surface area (Å²) in [5.41, 5.74) is 10.8. The van der Waals surface area contributed by atoms with E-state index in [9.17, 15) is 14.4 Å². The smallest absolute Gasteiger partial charge is 0.255 e. The standard InChI is InChI=1S/C25H29N5O3/c26-17-10-12-29(13-11-17)19-6-4-18(5-7-19)27-14-16-2-1-3-20-21(16)15-30(25(20)33)22-8-9-23(31)28-24(22)32/h1-7,17,22,27H,8-15,26H2,(H,28,31,32). The number of nitrogens with zero attached hydrogens (tertiary/aromatic N) is 2. The van der Waals surface area contributed by atoms with Crippen LogP contribution in [0.5, 0.6) is 0 Å². The van der Waals surface area contributed by atoms with E-state index in [4.69, 9.17) is 5.73 Å². The fourth-order valence-electron chi connectivity index (χ4n) is 4.96. The second-order valence-corrected chi connectivity index (χ2v) is 9.07. The SMILES string of the molecule is NC1CCN(c2ccc(NCc3cccc4c3CN(C3CCC(=O)NC3=O)C4=O)cc2)CC1. The van der Waals surface area contributed by atoms with Crippen molar-refractivity contribution in [3.63, 3.8) is 0 Å². The van der Waals surface area contributed by atoms with Gasteiger partial charge in [0.15, 0.2) is 0 Å². The molecule has 2 aromatic carbocycles. The minimum Gasteiger partial charge on any atom is -0.381 e. The maximum Gasteiger partial charge on any atom is 0.255 e. The van der Waals surface area contributed by atoms with Crippen LogP contribution < -0.4 is 21.3 Å². The molecular weight excluding hydrogens is 418 g/mol. The Labute approximate surface area is 193 Å². The highest BCUT2D eigenvalue weighted by Gasteiger charge is 2.39. The predicted octanol–water partition coefficient (Wildman–Crippen LogP) is 1.99. The Kier molecular flexibility index (Phi) is 5.76. The monoisotopic (exact) mass is 447 g/mol. The van der Waals surface area contributed by atoms with Crippen LogP contribution in [0.4, 0.5) is 11.4 Å². The van der Waals surface area contributed by atoms with Crippen LogP contribution in [0.1, 0.15) is 47.2 Å². The summed E-state index contributed by atoms with van der Waals surface area (Å²) >= 11 is 0. The lowest BCUT2D eigenvalue weighted by atomic mass is 10.0. The largest absolute Gasteiger partial charge is 0.381 e. The van der Waals surface area contributed by atoms with E-state index in [-0.39, 0.29) is 24.1 Å². The fourth-order valence-corrected chi connectivity index (χ4v) is 4.96. The van der Waals surface area contributed by atoms with Crippen molar-refractivity contribution in [1.82, 2.24) is 10.2 Å². The third kappa shape index (κ3) is 4.30. The van der Waals surface area contributed by atoms with E-state index >= 15 is 0 Å². The average Bonchev–Trinajstić information content (AvgIpc) is 3.15. The highest BCUT2D eigenvalue weighted by Crippen LogP contribution is 2.30. The number of hydrogen-bond acceptors (Lipinski definition) is 6. The Morgan fingerprint density at radius 1 is 1.00 bits per heavy atom. The van der Waals surface area contributed by atoms with Gasteiger partial charge in [0.25, 0.3) is 5.91 Å². The second kappa shape index (κ2) is 8.86. The van der Waals surface area contributed by atoms with Crippen LogP contribution in [0.2, 0.25) is 0 Å². The molecule has 0 aromatic heterocycles. The van der Waals surface area contributed by atoms with E-state index in [0.29, 0.717) is 31.1 Å². The van der Waals surface area contributed by atoms with Crippen LogP contribution in [0.25, 0.3) is 0 Å². The zero-order valence-corrected chi connectivity index (χ0v) is 18.5. The zero-order chi connectivity index (χ0) is 22.9. The molecule has 0 saturated carbocycles. The number of nitrogens with one attached hydrogen (secondary N) is 2. The quantitative estimate of drug-likeness (QED) is 0.605. The Morgan fingerprint density at radius 3 is 2.48 bits per heavy atom. The molecule has 0 bridgehead atoms. The maximum atomic E-state index is 13.0. The van der Waals surface area contributed by atoms with Crippen molar-refractivity contribution in [2.75, 3.05) is 23.3 Å². The summed E-state index contributed by atoms with van der Waals surface area (Å²) in [4.78, 5) is 40.7. The zero-order valence-electron chi connectivity index (χ0n) is 18.5. The summed E-state index contributed by atoms with van der Waals surface area (Å²) in [7, 11) is 0. The first-order chi connectivity index (χ1) is 16.0. The normalized spacial score (nSPS) is 21.2. The number of rotatable bonds is 5. The van der Waals surface area contributed by atoms with Crippen LogP contribution in [-0.2, 0) is 22.7 Å². The molecule has 0 radical (unpaired) electrons. The van der Waals surface area contributed by atoms with Gasteiger partial charge in [0.2, 0.25) is 11.8 Å². The van der Waals surface area contributed by atoms with Crippen molar-refractivity contribution in [2.24, 2.45) is 5.73 Å². The minimum absolute atomic E-state index is 0.146. The topological polar surface area (TPSA) is 108 Å². The highest BCUT2D eigenvalue weighted by atomic mass is 16.2. The number of fused-ring (bicyclic) bond motifs is 1. The molecule has 8 nitrogen and oxygen atoms in total. The lowest BCUT2D eigenvalue weighted by Gasteiger charge is -2.32. The summed E-state index contributed by atoms with van der Waals surface area (Å²) in [6.45, 7) is 2.94. The van der Waals surface area contributed by atoms with Crippen LogP contribution in [0.15, 0.2) is 42.5 Å². The number of amides is 3. The molecule has 33 heavy (non-hydrogen) atoms. The molecule has 0 spiro atoms. The molecule has 2 fully saturated rings. The molecule has 2 aromatic rings. The van der Waals surface area contributed by atoms with E-state index in [1.807, 2.05) is 18.2 Å². The van der Waals surface area contributed by atoms with Crippen molar-refractivity contribution in [2.45, 2.75) is 50.9 Å². The molecule has 172 valence electrons. The molecule has 3 amide bonds. The van der Waals surface area contributed by atoms with E-state index in [1.54, 1.807) is 4.90 Å². The van der Waals surface area contributed by atoms with Crippen LogP contribution >= 0.6 is 0 Å². The van der Waals surface area contributed by atoms with Gasteiger partial charge >= 0.3 is 0 Å². The number of benzene rings is 2. The number of carbonyl (C=O) groups excluding carboxylic acids is 3. The van der Waals surface area contributed by atoms with Gasteiger partial charge in [-0.25, -0.2) is 0 Å². The number of anilines is 2. The Morgan fingerprint density at radius 2 is 1.76 bits per heavy atom. The first-order valence-electron chi connectivity index (χ1n) is 11.6. The van der Waals surface area contributed by atoms with Crippen molar-refractivity contribution < 1.29 is 14.4 Å². The van der Waals surface area contributed by atoms with Crippen molar-refractivity contribution >= 4 is 29.1 Å². The number of piperidine rings is 2. The predicted molar refractivity (Wildman–Crippen MR) is 126 cm³/mol. The second-order valence-electron chi connectivity index (χ2n) is 9.07. The van der Waals surface area contributed by atoms with E-state index in [1.165, 1.54) is 5.69 Å². The first-order valence-corrected chi connectivity index (χ1v) is 11.6. The Hall–Kier alpha value is -3.39. The van der Waals surface area contributed by atoms with Gasteiger partial charge in [0.1, 0.15) is 6.04 Å². The summed E-state index contributed by atoms with van der Waals surface area (Å²) < 4.78 is 0. The van der Waals surface area contributed by atoms with Crippen molar-refractivity contribution in [3.8, 4) is 0 Å². The maximum absolute atomic E-state index is 13.0. The van der Waals surface area contributed by atoms with Gasteiger partial charge in [-0.1, -0.05) is 12.1 Å². The summed E-state index contributed by atoms with van der Waals surface area (Å²) in [5.74, 6) is -0.810. The summed E-state index contributed by atoms with van der Waals surface area (Å²) in [5, 5.41) is 5.81. The molecular formula is C25H29N5O3. The first kappa shape index (κ1) is 21.5. The Balaban J connectivity index is 1.25. The lowest BCUT2D eigenvalue weighted by molar-refractivity contribution is -0.136. The molecule has 3 aliphatic rings. The van der Waals surface area contributed by atoms with Gasteiger partial charge in [0.05, 0.1) is 0 Å². The third-order valence-electron chi connectivity index (χ3n) is 6.93. The number of carbonyl (C=O) groups is 3. The molecule has 4 N–H and O–H groups in total. The van der Waals surface area contributed by atoms with Gasteiger partial charge in [0, 0.05) is 55.6 Å². The van der Waals surface area contributed by atoms with Crippen LogP contribution in [0.3, 0.4) is 0 Å². The fraction of sp³-hybridized carbons (Fsp3) is 0.400. The molecule has 3 aliphatic heterocycles.